The summed E-state index contributed by atoms with van der Waals surface area (Å²) in [4.78, 5) is 11.8. The van der Waals surface area contributed by atoms with E-state index < -0.39 is 0 Å². The molecule has 0 aliphatic heterocycles. The van der Waals surface area contributed by atoms with Gasteiger partial charge in [-0.05, 0) is 30.4 Å². The van der Waals surface area contributed by atoms with Crippen molar-refractivity contribution < 1.29 is 4.79 Å². The van der Waals surface area contributed by atoms with Crippen LogP contribution in [0.2, 0.25) is 0 Å². The maximum Gasteiger partial charge on any atom is 0.164 e. The minimum absolute atomic E-state index is 0.239. The van der Waals surface area contributed by atoms with Crippen LogP contribution >= 0.6 is 11.3 Å². The third-order valence-electron chi connectivity index (χ3n) is 2.57. The fourth-order valence-corrected chi connectivity index (χ4v) is 2.35. The predicted octanol–water partition coefficient (Wildman–Crippen LogP) is 3.87. The Morgan fingerprint density at radius 2 is 2.19 bits per heavy atom. The van der Waals surface area contributed by atoms with Gasteiger partial charge in [-0.1, -0.05) is 29.8 Å². The minimum atomic E-state index is 0.239. The van der Waals surface area contributed by atoms with Crippen LogP contribution in [0.1, 0.15) is 27.9 Å². The number of hydrogen-bond acceptors (Lipinski definition) is 2. The Morgan fingerprint density at radius 3 is 2.88 bits per heavy atom. The monoisotopic (exact) mass is 230 g/mol. The summed E-state index contributed by atoms with van der Waals surface area (Å²) in [7, 11) is 0. The molecule has 0 unspecified atom stereocenters. The summed E-state index contributed by atoms with van der Waals surface area (Å²) >= 11 is 1.57. The Hall–Kier alpha value is -1.41. The molecular weight excluding hydrogens is 216 g/mol. The number of benzene rings is 1. The van der Waals surface area contributed by atoms with Crippen molar-refractivity contribution in [1.82, 2.24) is 0 Å². The Bertz CT molecular complexity index is 471. The van der Waals surface area contributed by atoms with Gasteiger partial charge < -0.3 is 0 Å². The van der Waals surface area contributed by atoms with Crippen molar-refractivity contribution in [2.45, 2.75) is 19.8 Å². The van der Waals surface area contributed by atoms with Crippen molar-refractivity contribution in [3.63, 3.8) is 0 Å². The van der Waals surface area contributed by atoms with E-state index in [1.54, 1.807) is 11.3 Å². The van der Waals surface area contributed by atoms with Gasteiger partial charge in [-0.3, -0.25) is 4.79 Å². The maximum atomic E-state index is 11.8. The molecule has 0 aliphatic carbocycles. The first-order valence-electron chi connectivity index (χ1n) is 5.36. The van der Waals surface area contributed by atoms with Gasteiger partial charge >= 0.3 is 0 Å². The molecule has 2 heteroatoms. The van der Waals surface area contributed by atoms with Gasteiger partial charge in [0.05, 0.1) is 0 Å². The zero-order valence-corrected chi connectivity index (χ0v) is 10.1. The van der Waals surface area contributed by atoms with Crippen molar-refractivity contribution in [2.24, 2.45) is 0 Å². The molecule has 1 aromatic carbocycles. The normalized spacial score (nSPS) is 10.3. The summed E-state index contributed by atoms with van der Waals surface area (Å²) < 4.78 is 0. The second-order valence-electron chi connectivity index (χ2n) is 3.92. The molecule has 16 heavy (non-hydrogen) atoms. The lowest BCUT2D eigenvalue weighted by atomic mass is 10.0. The molecule has 0 aliphatic rings. The third-order valence-corrected chi connectivity index (χ3v) is 3.25. The first kappa shape index (κ1) is 11.1. The molecule has 2 aromatic rings. The van der Waals surface area contributed by atoms with Crippen LogP contribution < -0.4 is 0 Å². The average molecular weight is 230 g/mol. The van der Waals surface area contributed by atoms with Crippen LogP contribution in [0.5, 0.6) is 0 Å². The molecule has 0 bridgehead atoms. The number of ketones is 1. The van der Waals surface area contributed by atoms with Crippen LogP contribution in [0, 0.1) is 6.92 Å². The van der Waals surface area contributed by atoms with Gasteiger partial charge in [-0.2, -0.15) is 11.3 Å². The Labute approximate surface area is 99.8 Å². The van der Waals surface area contributed by atoms with Crippen molar-refractivity contribution >= 4 is 17.1 Å². The van der Waals surface area contributed by atoms with Gasteiger partial charge in [0, 0.05) is 17.4 Å². The van der Waals surface area contributed by atoms with E-state index in [0.29, 0.717) is 6.42 Å². The van der Waals surface area contributed by atoms with Gasteiger partial charge in [0.1, 0.15) is 0 Å². The van der Waals surface area contributed by atoms with E-state index in [1.165, 1.54) is 11.1 Å². The lowest BCUT2D eigenvalue weighted by molar-refractivity contribution is 0.0983. The summed E-state index contributed by atoms with van der Waals surface area (Å²) in [5, 5.41) is 3.86. The Balaban J connectivity index is 1.95. The highest BCUT2D eigenvalue weighted by Gasteiger charge is 2.06. The minimum Gasteiger partial charge on any atom is -0.294 e. The smallest absolute Gasteiger partial charge is 0.164 e. The first-order chi connectivity index (χ1) is 7.75. The summed E-state index contributed by atoms with van der Waals surface area (Å²) in [6, 6.07) is 10.2. The summed E-state index contributed by atoms with van der Waals surface area (Å²) in [5.74, 6) is 0.239. The molecule has 1 heterocycles. The van der Waals surface area contributed by atoms with E-state index in [1.807, 2.05) is 22.9 Å². The van der Waals surface area contributed by atoms with Crippen LogP contribution in [0.15, 0.2) is 41.1 Å². The molecule has 1 nitrogen and oxygen atoms in total. The molecule has 2 rings (SSSR count). The maximum absolute atomic E-state index is 11.8. The first-order valence-corrected chi connectivity index (χ1v) is 6.31. The lowest BCUT2D eigenvalue weighted by Crippen LogP contribution is -1.99. The number of carbonyl (C=O) groups excluding carboxylic acids is 1. The Morgan fingerprint density at radius 1 is 1.31 bits per heavy atom. The topological polar surface area (TPSA) is 17.1 Å². The molecular formula is C14H14OS. The van der Waals surface area contributed by atoms with Crippen molar-refractivity contribution in [3.05, 3.63) is 57.8 Å². The second kappa shape index (κ2) is 5.08. The average Bonchev–Trinajstić information content (AvgIpc) is 2.79. The van der Waals surface area contributed by atoms with E-state index in [-0.39, 0.29) is 5.78 Å². The number of hydrogen-bond donors (Lipinski definition) is 0. The van der Waals surface area contributed by atoms with Crippen LogP contribution in [0.3, 0.4) is 0 Å². The summed E-state index contributed by atoms with van der Waals surface area (Å²) in [6.07, 6.45) is 1.43. The molecule has 0 radical (unpaired) electrons. The molecule has 0 N–H and O–H groups in total. The fraction of sp³-hybridized carbons (Fsp3) is 0.214. The highest BCUT2D eigenvalue weighted by molar-refractivity contribution is 7.08. The van der Waals surface area contributed by atoms with Gasteiger partial charge in [0.2, 0.25) is 0 Å². The van der Waals surface area contributed by atoms with E-state index in [4.69, 9.17) is 0 Å². The number of Topliss-reactive ketones (excluding diaryl/α,β-unsaturated/α-hetero) is 1. The molecule has 0 amide bonds. The summed E-state index contributed by atoms with van der Waals surface area (Å²) in [6.45, 7) is 2.07. The van der Waals surface area contributed by atoms with Gasteiger partial charge in [0.15, 0.2) is 5.78 Å². The van der Waals surface area contributed by atoms with Gasteiger partial charge in [-0.25, -0.2) is 0 Å². The Kier molecular flexibility index (Phi) is 3.52. The van der Waals surface area contributed by atoms with Crippen molar-refractivity contribution in [1.29, 1.82) is 0 Å². The van der Waals surface area contributed by atoms with Crippen molar-refractivity contribution in [2.75, 3.05) is 0 Å². The zero-order chi connectivity index (χ0) is 11.4. The molecule has 0 saturated carbocycles. The van der Waals surface area contributed by atoms with E-state index in [0.717, 1.165) is 12.0 Å². The van der Waals surface area contributed by atoms with Crippen molar-refractivity contribution in [3.8, 4) is 0 Å². The van der Waals surface area contributed by atoms with Crippen LogP contribution in [-0.2, 0) is 6.42 Å². The van der Waals surface area contributed by atoms with E-state index in [2.05, 4.69) is 25.1 Å². The van der Waals surface area contributed by atoms with Crippen LogP contribution in [0.25, 0.3) is 0 Å². The largest absolute Gasteiger partial charge is 0.294 e. The highest BCUT2D eigenvalue weighted by atomic mass is 32.1. The summed E-state index contributed by atoms with van der Waals surface area (Å²) in [5.41, 5.74) is 3.33. The zero-order valence-electron chi connectivity index (χ0n) is 9.27. The SMILES string of the molecule is Cc1cccc(CCC(=O)c2ccsc2)c1. The third kappa shape index (κ3) is 2.80. The van der Waals surface area contributed by atoms with Gasteiger partial charge in [0.25, 0.3) is 0 Å². The molecule has 82 valence electrons. The molecule has 0 atom stereocenters. The standard InChI is InChI=1S/C14H14OS/c1-11-3-2-4-12(9-11)5-6-14(15)13-7-8-16-10-13/h2-4,7-10H,5-6H2,1H3. The van der Waals surface area contributed by atoms with Crippen LogP contribution in [0.4, 0.5) is 0 Å². The fourth-order valence-electron chi connectivity index (χ4n) is 1.69. The number of rotatable bonds is 4. The van der Waals surface area contributed by atoms with Gasteiger partial charge in [-0.15, -0.1) is 0 Å². The van der Waals surface area contributed by atoms with E-state index >= 15 is 0 Å². The number of carbonyl (C=O) groups is 1. The van der Waals surface area contributed by atoms with E-state index in [9.17, 15) is 4.79 Å². The number of thiophene rings is 1. The molecule has 0 saturated heterocycles. The predicted molar refractivity (Wildman–Crippen MR) is 68.1 cm³/mol. The molecule has 0 spiro atoms. The van der Waals surface area contributed by atoms with Crippen LogP contribution in [-0.4, -0.2) is 5.78 Å². The lowest BCUT2D eigenvalue weighted by Gasteiger charge is -2.01. The second-order valence-corrected chi connectivity index (χ2v) is 4.70. The number of aryl methyl sites for hydroxylation is 2. The quantitative estimate of drug-likeness (QED) is 0.729. The highest BCUT2D eigenvalue weighted by Crippen LogP contribution is 2.12. The molecule has 0 fully saturated rings. The molecule has 1 aromatic heterocycles.